The Morgan fingerprint density at radius 1 is 1.06 bits per heavy atom. The molecule has 0 amide bonds. The Kier molecular flexibility index (Phi) is 6.16. The second-order valence-corrected chi connectivity index (χ2v) is 5.17. The van der Waals surface area contributed by atoms with E-state index in [9.17, 15) is 0 Å². The number of hydrogen-bond acceptors (Lipinski definition) is 3. The normalized spacial score (nSPS) is 12.8. The van der Waals surface area contributed by atoms with Gasteiger partial charge in [0, 0.05) is 31.4 Å². The zero-order chi connectivity index (χ0) is 13.5. The van der Waals surface area contributed by atoms with Gasteiger partial charge < -0.3 is 15.5 Å². The van der Waals surface area contributed by atoms with E-state index in [4.69, 9.17) is 5.73 Å². The molecule has 1 aromatic carbocycles. The van der Waals surface area contributed by atoms with Crippen LogP contribution in [0.4, 0.5) is 5.69 Å². The van der Waals surface area contributed by atoms with Crippen molar-refractivity contribution in [1.82, 2.24) is 4.90 Å². The van der Waals surface area contributed by atoms with Crippen LogP contribution in [-0.2, 0) is 0 Å². The average molecular weight is 249 g/mol. The molecular weight excluding hydrogens is 222 g/mol. The van der Waals surface area contributed by atoms with Gasteiger partial charge in [-0.1, -0.05) is 19.1 Å². The smallest absolute Gasteiger partial charge is 0.0366 e. The second-order valence-electron chi connectivity index (χ2n) is 5.17. The fourth-order valence-corrected chi connectivity index (χ4v) is 1.95. The van der Waals surface area contributed by atoms with Crippen LogP contribution in [0.25, 0.3) is 0 Å². The van der Waals surface area contributed by atoms with Gasteiger partial charge in [0.1, 0.15) is 0 Å². The number of nitrogens with two attached hydrogens (primary N) is 1. The van der Waals surface area contributed by atoms with Crippen molar-refractivity contribution in [2.45, 2.75) is 26.3 Å². The quantitative estimate of drug-likeness (QED) is 0.806. The predicted octanol–water partition coefficient (Wildman–Crippen LogP) is 2.48. The second kappa shape index (κ2) is 7.39. The van der Waals surface area contributed by atoms with Crippen LogP contribution >= 0.6 is 0 Å². The van der Waals surface area contributed by atoms with Crippen molar-refractivity contribution < 1.29 is 0 Å². The Morgan fingerprint density at radius 3 is 2.11 bits per heavy atom. The van der Waals surface area contributed by atoms with E-state index in [0.717, 1.165) is 19.6 Å². The van der Waals surface area contributed by atoms with E-state index in [2.05, 4.69) is 55.1 Å². The monoisotopic (exact) mass is 249 g/mol. The van der Waals surface area contributed by atoms with Gasteiger partial charge >= 0.3 is 0 Å². The van der Waals surface area contributed by atoms with Crippen molar-refractivity contribution in [2.24, 2.45) is 5.73 Å². The summed E-state index contributed by atoms with van der Waals surface area (Å²) in [6.07, 6.45) is 1.17. The van der Waals surface area contributed by atoms with Crippen LogP contribution < -0.4 is 10.6 Å². The highest BCUT2D eigenvalue weighted by molar-refractivity contribution is 5.48. The Balaban J connectivity index is 2.72. The lowest BCUT2D eigenvalue weighted by Gasteiger charge is -2.26. The first-order valence-electron chi connectivity index (χ1n) is 6.79. The third-order valence-electron chi connectivity index (χ3n) is 3.09. The van der Waals surface area contributed by atoms with Gasteiger partial charge in [-0.15, -0.1) is 0 Å². The largest absolute Gasteiger partial charge is 0.370 e. The number of hydrogen-bond donors (Lipinski definition) is 1. The molecule has 0 aliphatic carbocycles. The molecule has 0 spiro atoms. The molecule has 0 fully saturated rings. The zero-order valence-corrected chi connectivity index (χ0v) is 12.2. The maximum Gasteiger partial charge on any atom is 0.0366 e. The molecule has 102 valence electrons. The molecule has 0 aliphatic rings. The molecule has 0 saturated carbocycles. The van der Waals surface area contributed by atoms with E-state index in [0.29, 0.717) is 0 Å². The molecule has 1 rings (SSSR count). The summed E-state index contributed by atoms with van der Waals surface area (Å²) in [5.41, 5.74) is 8.37. The van der Waals surface area contributed by atoms with Gasteiger partial charge in [0.05, 0.1) is 0 Å². The maximum absolute atomic E-state index is 5.88. The van der Waals surface area contributed by atoms with Gasteiger partial charge in [-0.2, -0.15) is 0 Å². The van der Waals surface area contributed by atoms with Crippen molar-refractivity contribution in [3.63, 3.8) is 0 Å². The molecular formula is C15H27N3. The van der Waals surface area contributed by atoms with Crippen molar-refractivity contribution >= 4 is 5.69 Å². The number of nitrogens with zero attached hydrogens (tertiary/aromatic N) is 2. The zero-order valence-electron chi connectivity index (χ0n) is 12.2. The number of benzene rings is 1. The molecule has 0 aliphatic heterocycles. The minimum Gasteiger partial charge on any atom is -0.370 e. The fourth-order valence-electron chi connectivity index (χ4n) is 1.95. The molecule has 1 atom stereocenters. The summed E-state index contributed by atoms with van der Waals surface area (Å²) >= 11 is 0. The standard InChI is InChI=1S/C15H27N3/c1-5-10-18(12-11-17(3)4)15-8-6-14(7-9-15)13(2)16/h6-9,13H,5,10-12,16H2,1-4H3. The predicted molar refractivity (Wildman–Crippen MR) is 80.1 cm³/mol. The van der Waals surface area contributed by atoms with Crippen LogP contribution in [0, 0.1) is 0 Å². The van der Waals surface area contributed by atoms with Crippen LogP contribution in [0.3, 0.4) is 0 Å². The van der Waals surface area contributed by atoms with Crippen LogP contribution in [0.5, 0.6) is 0 Å². The average Bonchev–Trinajstić information content (AvgIpc) is 2.34. The lowest BCUT2D eigenvalue weighted by molar-refractivity contribution is 0.413. The highest BCUT2D eigenvalue weighted by Crippen LogP contribution is 2.18. The molecule has 0 heterocycles. The van der Waals surface area contributed by atoms with Crippen LogP contribution in [0.2, 0.25) is 0 Å². The summed E-state index contributed by atoms with van der Waals surface area (Å²) in [4.78, 5) is 4.66. The topological polar surface area (TPSA) is 32.5 Å². The number of likely N-dealkylation sites (N-methyl/N-ethyl adjacent to an activating group) is 1. The highest BCUT2D eigenvalue weighted by atomic mass is 15.2. The summed E-state index contributed by atoms with van der Waals surface area (Å²) in [6.45, 7) is 7.49. The van der Waals surface area contributed by atoms with E-state index in [1.807, 2.05) is 6.92 Å². The highest BCUT2D eigenvalue weighted by Gasteiger charge is 2.06. The third kappa shape index (κ3) is 4.67. The summed E-state index contributed by atoms with van der Waals surface area (Å²) in [5.74, 6) is 0. The maximum atomic E-state index is 5.88. The summed E-state index contributed by atoms with van der Waals surface area (Å²) in [5, 5.41) is 0. The van der Waals surface area contributed by atoms with Crippen molar-refractivity contribution in [1.29, 1.82) is 0 Å². The summed E-state index contributed by atoms with van der Waals surface area (Å²) in [7, 11) is 4.23. The van der Waals surface area contributed by atoms with E-state index in [1.54, 1.807) is 0 Å². The Labute approximate surface area is 112 Å². The third-order valence-corrected chi connectivity index (χ3v) is 3.09. The lowest BCUT2D eigenvalue weighted by atomic mass is 10.1. The Hall–Kier alpha value is -1.06. The molecule has 3 nitrogen and oxygen atoms in total. The van der Waals surface area contributed by atoms with E-state index >= 15 is 0 Å². The molecule has 0 aromatic heterocycles. The number of rotatable bonds is 7. The van der Waals surface area contributed by atoms with Crippen LogP contribution in [0.1, 0.15) is 31.9 Å². The first kappa shape index (κ1) is 15.0. The fraction of sp³-hybridized carbons (Fsp3) is 0.600. The van der Waals surface area contributed by atoms with Gasteiger partial charge in [-0.3, -0.25) is 0 Å². The van der Waals surface area contributed by atoms with Gasteiger partial charge in [0.25, 0.3) is 0 Å². The SMILES string of the molecule is CCCN(CCN(C)C)c1ccc(C(C)N)cc1. The van der Waals surface area contributed by atoms with Crippen molar-refractivity contribution in [2.75, 3.05) is 38.6 Å². The van der Waals surface area contributed by atoms with Gasteiger partial charge in [0.2, 0.25) is 0 Å². The molecule has 0 bridgehead atoms. The van der Waals surface area contributed by atoms with E-state index in [1.165, 1.54) is 17.7 Å². The first-order chi connectivity index (χ1) is 8.54. The Morgan fingerprint density at radius 2 is 1.67 bits per heavy atom. The molecule has 0 radical (unpaired) electrons. The molecule has 3 heteroatoms. The lowest BCUT2D eigenvalue weighted by Crippen LogP contribution is -2.32. The Bertz CT molecular complexity index is 330. The minimum atomic E-state index is 0.112. The molecule has 0 saturated heterocycles. The van der Waals surface area contributed by atoms with Crippen LogP contribution in [0.15, 0.2) is 24.3 Å². The summed E-state index contributed by atoms with van der Waals surface area (Å²) in [6, 6.07) is 8.76. The van der Waals surface area contributed by atoms with Gasteiger partial charge in [-0.05, 0) is 45.1 Å². The first-order valence-corrected chi connectivity index (χ1v) is 6.79. The van der Waals surface area contributed by atoms with E-state index in [-0.39, 0.29) is 6.04 Å². The molecule has 2 N–H and O–H groups in total. The summed E-state index contributed by atoms with van der Waals surface area (Å²) < 4.78 is 0. The van der Waals surface area contributed by atoms with Crippen LogP contribution in [-0.4, -0.2) is 38.6 Å². The minimum absolute atomic E-state index is 0.112. The van der Waals surface area contributed by atoms with E-state index < -0.39 is 0 Å². The molecule has 18 heavy (non-hydrogen) atoms. The van der Waals surface area contributed by atoms with Gasteiger partial charge in [-0.25, -0.2) is 0 Å². The molecule has 1 unspecified atom stereocenters. The molecule has 1 aromatic rings. The number of anilines is 1. The van der Waals surface area contributed by atoms with Gasteiger partial charge in [0.15, 0.2) is 0 Å². The van der Waals surface area contributed by atoms with Crippen molar-refractivity contribution in [3.05, 3.63) is 29.8 Å². The van der Waals surface area contributed by atoms with Crippen molar-refractivity contribution in [3.8, 4) is 0 Å².